The van der Waals surface area contributed by atoms with Crippen LogP contribution in [0, 0.1) is 5.82 Å². The molecule has 0 aliphatic heterocycles. The highest BCUT2D eigenvalue weighted by Gasteiger charge is 2.26. The quantitative estimate of drug-likeness (QED) is 0.728. The van der Waals surface area contributed by atoms with Gasteiger partial charge in [-0.3, -0.25) is 4.79 Å². The summed E-state index contributed by atoms with van der Waals surface area (Å²) in [6, 6.07) is 17.7. The molecule has 0 bridgehead atoms. The third-order valence-electron chi connectivity index (χ3n) is 3.95. The monoisotopic (exact) mass is 328 g/mol. The van der Waals surface area contributed by atoms with Gasteiger partial charge in [0.25, 0.3) is 0 Å². The summed E-state index contributed by atoms with van der Waals surface area (Å²) in [5.41, 5.74) is 0.893. The summed E-state index contributed by atoms with van der Waals surface area (Å²) in [4.78, 5) is 11.7. The van der Waals surface area contributed by atoms with Gasteiger partial charge >= 0.3 is 5.97 Å². The highest BCUT2D eigenvalue weighted by molar-refractivity contribution is 6.31. The van der Waals surface area contributed by atoms with E-state index in [1.807, 2.05) is 42.5 Å². The topological polar surface area (TPSA) is 37.3 Å². The zero-order valence-corrected chi connectivity index (χ0v) is 12.9. The molecule has 2 nitrogen and oxygen atoms in total. The second-order valence-electron chi connectivity index (χ2n) is 5.37. The average Bonchev–Trinajstić information content (AvgIpc) is 2.53. The number of fused-ring (bicyclic) bond motifs is 1. The largest absolute Gasteiger partial charge is 0.481 e. The van der Waals surface area contributed by atoms with Gasteiger partial charge in [0, 0.05) is 10.6 Å². The fourth-order valence-corrected chi connectivity index (χ4v) is 3.14. The molecule has 0 amide bonds. The van der Waals surface area contributed by atoms with Crippen LogP contribution in [-0.2, 0) is 11.2 Å². The maximum atomic E-state index is 14.1. The molecule has 1 N–H and O–H groups in total. The van der Waals surface area contributed by atoms with E-state index in [1.54, 1.807) is 0 Å². The van der Waals surface area contributed by atoms with E-state index in [2.05, 4.69) is 0 Å². The van der Waals surface area contributed by atoms with Gasteiger partial charge in [-0.05, 0) is 34.9 Å². The third-order valence-corrected chi connectivity index (χ3v) is 4.28. The lowest BCUT2D eigenvalue weighted by molar-refractivity contribution is -0.138. The number of carboxylic acids is 1. The van der Waals surface area contributed by atoms with Crippen LogP contribution in [0.5, 0.6) is 0 Å². The van der Waals surface area contributed by atoms with E-state index in [1.165, 1.54) is 18.2 Å². The minimum Gasteiger partial charge on any atom is -0.481 e. The second-order valence-corrected chi connectivity index (χ2v) is 5.78. The van der Waals surface area contributed by atoms with Crippen LogP contribution in [0.25, 0.3) is 10.8 Å². The molecular formula is C19H14ClFO2. The van der Waals surface area contributed by atoms with Crippen molar-refractivity contribution < 1.29 is 14.3 Å². The highest BCUT2D eigenvalue weighted by Crippen LogP contribution is 2.32. The summed E-state index contributed by atoms with van der Waals surface area (Å²) in [5.74, 6) is -2.72. The van der Waals surface area contributed by atoms with Crippen molar-refractivity contribution in [3.05, 3.63) is 82.6 Å². The van der Waals surface area contributed by atoms with Gasteiger partial charge in [-0.1, -0.05) is 60.1 Å². The number of hydrogen-bond donors (Lipinski definition) is 1. The average molecular weight is 329 g/mol. The van der Waals surface area contributed by atoms with Crippen molar-refractivity contribution in [3.63, 3.8) is 0 Å². The van der Waals surface area contributed by atoms with E-state index < -0.39 is 17.7 Å². The Balaban J connectivity index is 2.08. The Morgan fingerprint density at radius 2 is 1.74 bits per heavy atom. The maximum Gasteiger partial charge on any atom is 0.311 e. The molecular weight excluding hydrogens is 315 g/mol. The van der Waals surface area contributed by atoms with Crippen LogP contribution in [0.15, 0.2) is 60.7 Å². The van der Waals surface area contributed by atoms with Gasteiger partial charge in [0.2, 0.25) is 0 Å². The Morgan fingerprint density at radius 3 is 2.48 bits per heavy atom. The molecule has 0 radical (unpaired) electrons. The summed E-state index contributed by atoms with van der Waals surface area (Å²) in [5, 5.41) is 11.7. The van der Waals surface area contributed by atoms with Gasteiger partial charge in [0.15, 0.2) is 0 Å². The van der Waals surface area contributed by atoms with Crippen LogP contribution in [0.4, 0.5) is 4.39 Å². The maximum absolute atomic E-state index is 14.1. The van der Waals surface area contributed by atoms with E-state index in [0.29, 0.717) is 0 Å². The van der Waals surface area contributed by atoms with Gasteiger partial charge in [-0.15, -0.1) is 0 Å². The molecule has 0 fully saturated rings. The number of benzene rings is 3. The fourth-order valence-electron chi connectivity index (χ4n) is 2.85. The number of halogens is 2. The van der Waals surface area contributed by atoms with E-state index in [9.17, 15) is 14.3 Å². The first-order valence-electron chi connectivity index (χ1n) is 7.21. The molecule has 1 atom stereocenters. The molecule has 0 heterocycles. The SMILES string of the molecule is O=C(O)C(Cc1cccc2ccccc12)c1c(F)cccc1Cl. The summed E-state index contributed by atoms with van der Waals surface area (Å²) >= 11 is 6.05. The molecule has 3 rings (SSSR count). The van der Waals surface area contributed by atoms with Gasteiger partial charge in [-0.25, -0.2) is 4.39 Å². The Kier molecular flexibility index (Phi) is 4.30. The van der Waals surface area contributed by atoms with E-state index in [0.717, 1.165) is 16.3 Å². The summed E-state index contributed by atoms with van der Waals surface area (Å²) in [6.07, 6.45) is 0.178. The molecule has 0 aromatic heterocycles. The van der Waals surface area contributed by atoms with Gasteiger partial charge in [0.05, 0.1) is 5.92 Å². The van der Waals surface area contributed by atoms with Crippen LogP contribution < -0.4 is 0 Å². The Morgan fingerprint density at radius 1 is 1.04 bits per heavy atom. The second kappa shape index (κ2) is 6.39. The molecule has 23 heavy (non-hydrogen) atoms. The van der Waals surface area contributed by atoms with Crippen LogP contribution in [0.2, 0.25) is 5.02 Å². The highest BCUT2D eigenvalue weighted by atomic mass is 35.5. The van der Waals surface area contributed by atoms with Crippen molar-refractivity contribution in [1.82, 2.24) is 0 Å². The lowest BCUT2D eigenvalue weighted by Gasteiger charge is -2.16. The van der Waals surface area contributed by atoms with E-state index >= 15 is 0 Å². The van der Waals surface area contributed by atoms with Gasteiger partial charge in [-0.2, -0.15) is 0 Å². The lowest BCUT2D eigenvalue weighted by Crippen LogP contribution is -2.16. The van der Waals surface area contributed by atoms with Crippen molar-refractivity contribution in [2.45, 2.75) is 12.3 Å². The molecule has 0 aliphatic carbocycles. The molecule has 116 valence electrons. The van der Waals surface area contributed by atoms with E-state index in [-0.39, 0.29) is 17.0 Å². The van der Waals surface area contributed by atoms with Crippen LogP contribution in [0.1, 0.15) is 17.0 Å². The first kappa shape index (κ1) is 15.5. The molecule has 3 aromatic carbocycles. The zero-order valence-electron chi connectivity index (χ0n) is 12.2. The molecule has 0 saturated carbocycles. The van der Waals surface area contributed by atoms with Crippen LogP contribution in [0.3, 0.4) is 0 Å². The van der Waals surface area contributed by atoms with Crippen molar-refractivity contribution >= 4 is 28.3 Å². The number of rotatable bonds is 4. The standard InChI is InChI=1S/C19H14ClFO2/c20-16-9-4-10-17(21)18(16)15(19(22)23)11-13-7-3-6-12-5-1-2-8-14(12)13/h1-10,15H,11H2,(H,22,23). The number of aliphatic carboxylic acids is 1. The van der Waals surface area contributed by atoms with Crippen LogP contribution >= 0.6 is 11.6 Å². The first-order chi connectivity index (χ1) is 11.1. The number of carboxylic acid groups (broad SMARTS) is 1. The Labute approximate surface area is 138 Å². The predicted octanol–water partition coefficient (Wildman–Crippen LogP) is 5.04. The van der Waals surface area contributed by atoms with Crippen molar-refractivity contribution in [3.8, 4) is 0 Å². The Bertz CT molecular complexity index is 851. The molecule has 0 saturated heterocycles. The molecule has 0 spiro atoms. The Hall–Kier alpha value is -2.39. The van der Waals surface area contributed by atoms with E-state index in [4.69, 9.17) is 11.6 Å². The minimum atomic E-state index is -1.09. The van der Waals surface area contributed by atoms with Crippen LogP contribution in [-0.4, -0.2) is 11.1 Å². The summed E-state index contributed by atoms with van der Waals surface area (Å²) in [7, 11) is 0. The predicted molar refractivity (Wildman–Crippen MR) is 89.4 cm³/mol. The fraction of sp³-hybridized carbons (Fsp3) is 0.105. The third kappa shape index (κ3) is 3.06. The molecule has 0 aliphatic rings. The number of carbonyl (C=O) groups is 1. The summed E-state index contributed by atoms with van der Waals surface area (Å²) in [6.45, 7) is 0. The normalized spacial score (nSPS) is 12.3. The van der Waals surface area contributed by atoms with Gasteiger partial charge in [0.1, 0.15) is 5.82 Å². The molecule has 4 heteroatoms. The molecule has 3 aromatic rings. The smallest absolute Gasteiger partial charge is 0.311 e. The van der Waals surface area contributed by atoms with Crippen molar-refractivity contribution in [2.24, 2.45) is 0 Å². The molecule has 1 unspecified atom stereocenters. The van der Waals surface area contributed by atoms with Gasteiger partial charge < -0.3 is 5.11 Å². The van der Waals surface area contributed by atoms with Crippen molar-refractivity contribution in [1.29, 1.82) is 0 Å². The van der Waals surface area contributed by atoms with Crippen molar-refractivity contribution in [2.75, 3.05) is 0 Å². The number of hydrogen-bond acceptors (Lipinski definition) is 1. The minimum absolute atomic E-state index is 0.0367. The summed E-state index contributed by atoms with van der Waals surface area (Å²) < 4.78 is 14.1. The first-order valence-corrected chi connectivity index (χ1v) is 7.59. The lowest BCUT2D eigenvalue weighted by atomic mass is 9.89. The zero-order chi connectivity index (χ0) is 16.4.